The minimum absolute atomic E-state index is 0.0184. The number of aromatic nitrogens is 4. The molecule has 0 radical (unpaired) electrons. The summed E-state index contributed by atoms with van der Waals surface area (Å²) in [7, 11) is 3.65. The number of amides is 1. The molecule has 1 aromatic carbocycles. The fourth-order valence-electron chi connectivity index (χ4n) is 5.35. The molecule has 1 aliphatic heterocycles. The monoisotopic (exact) mass is 472 g/mol. The number of benzene rings is 1. The van der Waals surface area contributed by atoms with Crippen molar-refractivity contribution < 1.29 is 9.53 Å². The largest absolute Gasteiger partial charge is 0.494 e. The second kappa shape index (κ2) is 8.37. The molecule has 6 rings (SSSR count). The SMILES string of the molecule is COc1cc(C(=O)N2CCC[C@@H](N)C2)cc2nc(-c3cc4ccc(C)nc4n3CC3CC3)n(C)c12. The van der Waals surface area contributed by atoms with Crippen LogP contribution in [-0.4, -0.2) is 56.2 Å². The van der Waals surface area contributed by atoms with Gasteiger partial charge in [-0.1, -0.05) is 0 Å². The zero-order chi connectivity index (χ0) is 24.3. The van der Waals surface area contributed by atoms with E-state index in [2.05, 4.69) is 27.3 Å². The summed E-state index contributed by atoms with van der Waals surface area (Å²) in [5.41, 5.74) is 11.4. The molecular weight excluding hydrogens is 440 g/mol. The number of rotatable bonds is 5. The number of likely N-dealkylation sites (tertiary alicyclic amines) is 1. The lowest BCUT2D eigenvalue weighted by atomic mass is 10.0. The molecule has 4 aromatic rings. The van der Waals surface area contributed by atoms with E-state index in [0.717, 1.165) is 65.2 Å². The van der Waals surface area contributed by atoms with Gasteiger partial charge in [-0.05, 0) is 68.9 Å². The van der Waals surface area contributed by atoms with E-state index in [-0.39, 0.29) is 11.9 Å². The van der Waals surface area contributed by atoms with Gasteiger partial charge in [0.2, 0.25) is 0 Å². The molecule has 3 aromatic heterocycles. The molecule has 35 heavy (non-hydrogen) atoms. The van der Waals surface area contributed by atoms with Gasteiger partial charge in [-0.25, -0.2) is 9.97 Å². The van der Waals surface area contributed by atoms with E-state index in [0.29, 0.717) is 23.8 Å². The first-order valence-electron chi connectivity index (χ1n) is 12.5. The molecule has 8 nitrogen and oxygen atoms in total. The summed E-state index contributed by atoms with van der Waals surface area (Å²) in [4.78, 5) is 25.1. The first kappa shape index (κ1) is 22.1. The van der Waals surface area contributed by atoms with Crippen LogP contribution in [-0.2, 0) is 13.6 Å². The van der Waals surface area contributed by atoms with E-state index < -0.39 is 0 Å². The number of carbonyl (C=O) groups is 1. The molecule has 1 aliphatic carbocycles. The van der Waals surface area contributed by atoms with Crippen LogP contribution in [0.2, 0.25) is 0 Å². The predicted octanol–water partition coefficient (Wildman–Crippen LogP) is 3.88. The van der Waals surface area contributed by atoms with Crippen LogP contribution in [0.15, 0.2) is 30.3 Å². The van der Waals surface area contributed by atoms with E-state index >= 15 is 0 Å². The minimum atomic E-state index is -0.0184. The normalized spacial score (nSPS) is 18.5. The number of nitrogens with two attached hydrogens (primary N) is 1. The van der Waals surface area contributed by atoms with E-state index in [1.165, 1.54) is 12.8 Å². The number of ether oxygens (including phenoxy) is 1. The third kappa shape index (κ3) is 3.86. The third-order valence-corrected chi connectivity index (χ3v) is 7.40. The van der Waals surface area contributed by atoms with Crippen molar-refractivity contribution in [2.45, 2.75) is 45.2 Å². The van der Waals surface area contributed by atoms with E-state index in [4.69, 9.17) is 20.4 Å². The number of piperidine rings is 1. The van der Waals surface area contributed by atoms with Crippen LogP contribution in [0.25, 0.3) is 33.6 Å². The molecule has 2 fully saturated rings. The number of pyridine rings is 1. The average Bonchev–Trinajstić information content (AvgIpc) is 3.53. The van der Waals surface area contributed by atoms with Crippen molar-refractivity contribution in [1.29, 1.82) is 0 Å². The third-order valence-electron chi connectivity index (χ3n) is 7.40. The van der Waals surface area contributed by atoms with Crippen molar-refractivity contribution in [3.8, 4) is 17.3 Å². The topological polar surface area (TPSA) is 91.2 Å². The van der Waals surface area contributed by atoms with Crippen LogP contribution in [0.4, 0.5) is 0 Å². The van der Waals surface area contributed by atoms with Crippen LogP contribution in [0.3, 0.4) is 0 Å². The Morgan fingerprint density at radius 2 is 2.00 bits per heavy atom. The van der Waals surface area contributed by atoms with Crippen molar-refractivity contribution in [2.24, 2.45) is 18.7 Å². The molecule has 1 amide bonds. The average molecular weight is 473 g/mol. The quantitative estimate of drug-likeness (QED) is 0.476. The van der Waals surface area contributed by atoms with Gasteiger partial charge >= 0.3 is 0 Å². The van der Waals surface area contributed by atoms with Crippen molar-refractivity contribution in [1.82, 2.24) is 24.0 Å². The van der Waals surface area contributed by atoms with Gasteiger partial charge in [0, 0.05) is 49.4 Å². The maximum Gasteiger partial charge on any atom is 0.254 e. The lowest BCUT2D eigenvalue weighted by molar-refractivity contribution is 0.0708. The lowest BCUT2D eigenvalue weighted by Gasteiger charge is -2.30. The summed E-state index contributed by atoms with van der Waals surface area (Å²) in [5.74, 6) is 2.16. The number of nitrogens with zero attached hydrogens (tertiary/aromatic N) is 5. The fraction of sp³-hybridized carbons (Fsp3) is 0.444. The molecule has 0 bridgehead atoms. The highest BCUT2D eigenvalue weighted by Crippen LogP contribution is 2.37. The van der Waals surface area contributed by atoms with Gasteiger partial charge in [-0.15, -0.1) is 0 Å². The molecule has 4 heterocycles. The van der Waals surface area contributed by atoms with Gasteiger partial charge in [-0.2, -0.15) is 0 Å². The van der Waals surface area contributed by atoms with Crippen molar-refractivity contribution in [3.63, 3.8) is 0 Å². The van der Waals surface area contributed by atoms with Crippen LogP contribution < -0.4 is 10.5 Å². The van der Waals surface area contributed by atoms with Crippen molar-refractivity contribution >= 4 is 28.0 Å². The molecule has 1 atom stereocenters. The Bertz CT molecular complexity index is 1450. The Kier molecular flexibility index (Phi) is 5.29. The number of fused-ring (bicyclic) bond motifs is 2. The molecule has 1 saturated carbocycles. The molecule has 8 heteroatoms. The summed E-state index contributed by atoms with van der Waals surface area (Å²) >= 11 is 0. The molecule has 1 saturated heterocycles. The second-order valence-corrected chi connectivity index (χ2v) is 10.1. The van der Waals surface area contributed by atoms with Gasteiger partial charge in [0.15, 0.2) is 5.82 Å². The maximum absolute atomic E-state index is 13.3. The zero-order valence-electron chi connectivity index (χ0n) is 20.6. The molecule has 182 valence electrons. The van der Waals surface area contributed by atoms with E-state index in [9.17, 15) is 4.79 Å². The number of methoxy groups -OCH3 is 1. The van der Waals surface area contributed by atoms with E-state index in [1.54, 1.807) is 7.11 Å². The standard InChI is InChI=1S/C27H32N6O2/c1-16-6-9-18-12-22(33(25(18)29-16)14-17-7-8-17)26-30-21-11-19(13-23(35-3)24(21)31(26)2)27(34)32-10-4-5-20(28)15-32/h6,9,11-13,17,20H,4-5,7-8,10,14-15,28H2,1-3H3/t20-/m1/s1. The molecule has 0 unspecified atom stereocenters. The Morgan fingerprint density at radius 1 is 1.17 bits per heavy atom. The van der Waals surface area contributed by atoms with Gasteiger partial charge in [0.25, 0.3) is 5.91 Å². The second-order valence-electron chi connectivity index (χ2n) is 10.1. The predicted molar refractivity (Wildman–Crippen MR) is 137 cm³/mol. The summed E-state index contributed by atoms with van der Waals surface area (Å²) < 4.78 is 10.1. The van der Waals surface area contributed by atoms with Crippen LogP contribution >= 0.6 is 0 Å². The lowest BCUT2D eigenvalue weighted by Crippen LogP contribution is -2.45. The molecule has 2 N–H and O–H groups in total. The maximum atomic E-state index is 13.3. The summed E-state index contributed by atoms with van der Waals surface area (Å²) in [6.45, 7) is 4.28. The fourth-order valence-corrected chi connectivity index (χ4v) is 5.35. The van der Waals surface area contributed by atoms with Gasteiger partial charge in [-0.3, -0.25) is 4.79 Å². The van der Waals surface area contributed by atoms with Gasteiger partial charge in [0.05, 0.1) is 18.3 Å². The molecular formula is C27H32N6O2. The molecule has 0 spiro atoms. The smallest absolute Gasteiger partial charge is 0.254 e. The highest BCUT2D eigenvalue weighted by Gasteiger charge is 2.28. The Hall–Kier alpha value is -3.39. The number of hydrogen-bond donors (Lipinski definition) is 1. The van der Waals surface area contributed by atoms with Crippen LogP contribution in [0, 0.1) is 12.8 Å². The zero-order valence-corrected chi connectivity index (χ0v) is 20.6. The first-order chi connectivity index (χ1) is 16.9. The van der Waals surface area contributed by atoms with Crippen LogP contribution in [0.5, 0.6) is 5.75 Å². The summed E-state index contributed by atoms with van der Waals surface area (Å²) in [5, 5.41) is 1.11. The Balaban J connectivity index is 1.48. The van der Waals surface area contributed by atoms with Gasteiger partial charge < -0.3 is 24.5 Å². The Labute approximate surface area is 204 Å². The molecule has 2 aliphatic rings. The highest BCUT2D eigenvalue weighted by atomic mass is 16.5. The minimum Gasteiger partial charge on any atom is -0.494 e. The summed E-state index contributed by atoms with van der Waals surface area (Å²) in [6.07, 6.45) is 4.40. The van der Waals surface area contributed by atoms with Crippen molar-refractivity contribution in [2.75, 3.05) is 20.2 Å². The van der Waals surface area contributed by atoms with E-state index in [1.807, 2.05) is 31.0 Å². The number of imidazole rings is 1. The summed E-state index contributed by atoms with van der Waals surface area (Å²) in [6, 6.07) is 10.1. The first-order valence-corrected chi connectivity index (χ1v) is 12.5. The van der Waals surface area contributed by atoms with Crippen molar-refractivity contribution in [3.05, 3.63) is 41.6 Å². The number of carbonyl (C=O) groups excluding carboxylic acids is 1. The van der Waals surface area contributed by atoms with Crippen LogP contribution in [0.1, 0.15) is 41.7 Å². The number of aryl methyl sites for hydroxylation is 2. The van der Waals surface area contributed by atoms with Gasteiger partial charge in [0.1, 0.15) is 16.9 Å². The number of hydrogen-bond acceptors (Lipinski definition) is 5. The highest BCUT2D eigenvalue weighted by molar-refractivity contribution is 6.00. The Morgan fingerprint density at radius 3 is 2.74 bits per heavy atom.